The fourth-order valence-corrected chi connectivity index (χ4v) is 1.66. The van der Waals surface area contributed by atoms with Gasteiger partial charge in [-0.1, -0.05) is 0 Å². The molecule has 1 saturated heterocycles. The number of piperazine rings is 1. The molecule has 0 aliphatic carbocycles. The third kappa shape index (κ3) is 3.64. The summed E-state index contributed by atoms with van der Waals surface area (Å²) in [5, 5.41) is 12.4. The molecule has 94 valence electrons. The Kier molecular flexibility index (Phi) is 4.15. The van der Waals surface area contributed by atoms with Gasteiger partial charge in [-0.05, 0) is 27.7 Å². The summed E-state index contributed by atoms with van der Waals surface area (Å²) in [5.41, 5.74) is -0.495. The second-order valence-corrected chi connectivity index (χ2v) is 5.28. The van der Waals surface area contributed by atoms with Crippen LogP contribution in [0.2, 0.25) is 0 Å². The molecule has 1 heterocycles. The second kappa shape index (κ2) is 5.01. The zero-order chi connectivity index (χ0) is 12.3. The van der Waals surface area contributed by atoms with Gasteiger partial charge in [-0.3, -0.25) is 0 Å². The van der Waals surface area contributed by atoms with Crippen LogP contribution in [0.3, 0.4) is 0 Å². The molecule has 0 aromatic rings. The van der Waals surface area contributed by atoms with Gasteiger partial charge in [0.25, 0.3) is 0 Å². The Bertz CT molecular complexity index is 250. The first kappa shape index (κ1) is 13.3. The van der Waals surface area contributed by atoms with Crippen molar-refractivity contribution in [2.75, 3.05) is 19.7 Å². The smallest absolute Gasteiger partial charge is 0.410 e. The molecule has 0 aromatic carbocycles. The summed E-state index contributed by atoms with van der Waals surface area (Å²) in [6, 6.07) is 0.0429. The van der Waals surface area contributed by atoms with Gasteiger partial charge < -0.3 is 20.1 Å². The standard InChI is InChI=1S/C11H22N2O3/c1-8-6-13(9(7-14)5-12-8)10(15)16-11(2,3)4/h8-9,12,14H,5-7H2,1-4H3/t8-,9+/m0/s1. The maximum atomic E-state index is 11.9. The predicted molar refractivity (Wildman–Crippen MR) is 61.3 cm³/mol. The number of ether oxygens (including phenoxy) is 1. The third-order valence-corrected chi connectivity index (χ3v) is 2.45. The van der Waals surface area contributed by atoms with Gasteiger partial charge in [-0.2, -0.15) is 0 Å². The number of rotatable bonds is 1. The van der Waals surface area contributed by atoms with E-state index in [-0.39, 0.29) is 24.8 Å². The summed E-state index contributed by atoms with van der Waals surface area (Å²) in [5.74, 6) is 0. The highest BCUT2D eigenvalue weighted by atomic mass is 16.6. The van der Waals surface area contributed by atoms with Gasteiger partial charge in [0.1, 0.15) is 5.60 Å². The van der Waals surface area contributed by atoms with E-state index in [0.717, 1.165) is 0 Å². The summed E-state index contributed by atoms with van der Waals surface area (Å²) in [6.07, 6.45) is -0.347. The van der Waals surface area contributed by atoms with Crippen LogP contribution in [0, 0.1) is 0 Å². The van der Waals surface area contributed by atoms with Crippen LogP contribution in [-0.4, -0.2) is 53.5 Å². The maximum Gasteiger partial charge on any atom is 0.410 e. The van der Waals surface area contributed by atoms with E-state index in [4.69, 9.17) is 4.74 Å². The topological polar surface area (TPSA) is 61.8 Å². The minimum absolute atomic E-state index is 0.0427. The Morgan fingerprint density at radius 2 is 2.19 bits per heavy atom. The van der Waals surface area contributed by atoms with Crippen molar-refractivity contribution in [1.29, 1.82) is 0 Å². The van der Waals surface area contributed by atoms with Crippen molar-refractivity contribution >= 4 is 6.09 Å². The van der Waals surface area contributed by atoms with Crippen LogP contribution in [0.1, 0.15) is 27.7 Å². The number of hydrogen-bond acceptors (Lipinski definition) is 4. The first-order chi connectivity index (χ1) is 7.33. The van der Waals surface area contributed by atoms with Crippen LogP contribution < -0.4 is 5.32 Å². The molecule has 1 fully saturated rings. The van der Waals surface area contributed by atoms with Crippen LogP contribution in [0.25, 0.3) is 0 Å². The number of carbonyl (C=O) groups excluding carboxylic acids is 1. The van der Waals surface area contributed by atoms with Crippen molar-refractivity contribution in [3.8, 4) is 0 Å². The van der Waals surface area contributed by atoms with Crippen LogP contribution in [-0.2, 0) is 4.74 Å². The first-order valence-electron chi connectivity index (χ1n) is 5.67. The molecular formula is C11H22N2O3. The average Bonchev–Trinajstić information content (AvgIpc) is 2.15. The zero-order valence-corrected chi connectivity index (χ0v) is 10.5. The molecule has 16 heavy (non-hydrogen) atoms. The van der Waals surface area contributed by atoms with E-state index in [1.54, 1.807) is 4.90 Å². The molecule has 0 saturated carbocycles. The van der Waals surface area contributed by atoms with Crippen molar-refractivity contribution in [2.24, 2.45) is 0 Å². The molecule has 1 rings (SSSR count). The van der Waals surface area contributed by atoms with Gasteiger partial charge >= 0.3 is 6.09 Å². The lowest BCUT2D eigenvalue weighted by Crippen LogP contribution is -2.59. The average molecular weight is 230 g/mol. The van der Waals surface area contributed by atoms with Gasteiger partial charge in [0.05, 0.1) is 12.6 Å². The fourth-order valence-electron chi connectivity index (χ4n) is 1.66. The Balaban J connectivity index is 2.63. The van der Waals surface area contributed by atoms with Crippen molar-refractivity contribution in [3.63, 3.8) is 0 Å². The maximum absolute atomic E-state index is 11.9. The lowest BCUT2D eigenvalue weighted by Gasteiger charge is -2.39. The number of nitrogens with one attached hydrogen (secondary N) is 1. The van der Waals surface area contributed by atoms with E-state index in [9.17, 15) is 9.90 Å². The lowest BCUT2D eigenvalue weighted by atomic mass is 10.1. The molecular weight excluding hydrogens is 208 g/mol. The van der Waals surface area contributed by atoms with E-state index in [1.165, 1.54) is 0 Å². The van der Waals surface area contributed by atoms with Gasteiger partial charge in [0.2, 0.25) is 0 Å². The van der Waals surface area contributed by atoms with Gasteiger partial charge in [0, 0.05) is 19.1 Å². The first-order valence-corrected chi connectivity index (χ1v) is 5.67. The second-order valence-electron chi connectivity index (χ2n) is 5.28. The van der Waals surface area contributed by atoms with Gasteiger partial charge in [-0.25, -0.2) is 4.79 Å². The summed E-state index contributed by atoms with van der Waals surface area (Å²) in [7, 11) is 0. The monoisotopic (exact) mass is 230 g/mol. The largest absolute Gasteiger partial charge is 0.444 e. The van der Waals surface area contributed by atoms with E-state index >= 15 is 0 Å². The fraction of sp³-hybridized carbons (Fsp3) is 0.909. The van der Waals surface area contributed by atoms with Gasteiger partial charge in [0.15, 0.2) is 0 Å². The zero-order valence-electron chi connectivity index (χ0n) is 10.5. The number of nitrogens with zero attached hydrogens (tertiary/aromatic N) is 1. The number of carbonyl (C=O) groups is 1. The summed E-state index contributed by atoms with van der Waals surface area (Å²) >= 11 is 0. The number of aliphatic hydroxyl groups excluding tert-OH is 1. The molecule has 2 atom stereocenters. The highest BCUT2D eigenvalue weighted by Gasteiger charge is 2.32. The normalized spacial score (nSPS) is 26.7. The van der Waals surface area contributed by atoms with E-state index in [0.29, 0.717) is 13.1 Å². The molecule has 1 aliphatic rings. The molecule has 0 spiro atoms. The van der Waals surface area contributed by atoms with E-state index < -0.39 is 5.60 Å². The van der Waals surface area contributed by atoms with E-state index in [2.05, 4.69) is 5.32 Å². The highest BCUT2D eigenvalue weighted by molar-refractivity contribution is 5.68. The number of amides is 1. The molecule has 0 aromatic heterocycles. The van der Waals surface area contributed by atoms with Crippen molar-refractivity contribution in [1.82, 2.24) is 10.2 Å². The Labute approximate surface area is 96.8 Å². The number of hydrogen-bond donors (Lipinski definition) is 2. The Hall–Kier alpha value is -0.810. The van der Waals surface area contributed by atoms with Crippen molar-refractivity contribution in [3.05, 3.63) is 0 Å². The van der Waals surface area contributed by atoms with Crippen molar-refractivity contribution < 1.29 is 14.6 Å². The SMILES string of the molecule is C[C@H]1CN(C(=O)OC(C)(C)C)[C@@H](CO)CN1. The summed E-state index contributed by atoms with van der Waals surface area (Å²) in [4.78, 5) is 13.5. The molecule has 0 radical (unpaired) electrons. The minimum atomic E-state index is -0.495. The molecule has 5 heteroatoms. The van der Waals surface area contributed by atoms with Crippen molar-refractivity contribution in [2.45, 2.75) is 45.4 Å². The molecule has 1 aliphatic heterocycles. The number of aliphatic hydroxyl groups is 1. The Morgan fingerprint density at radius 1 is 1.56 bits per heavy atom. The van der Waals surface area contributed by atoms with Crippen LogP contribution in [0.15, 0.2) is 0 Å². The minimum Gasteiger partial charge on any atom is -0.444 e. The summed E-state index contributed by atoms with van der Waals surface area (Å²) < 4.78 is 5.31. The highest BCUT2D eigenvalue weighted by Crippen LogP contribution is 2.14. The van der Waals surface area contributed by atoms with E-state index in [1.807, 2.05) is 27.7 Å². The molecule has 0 bridgehead atoms. The van der Waals surface area contributed by atoms with Crippen LogP contribution >= 0.6 is 0 Å². The van der Waals surface area contributed by atoms with Crippen LogP contribution in [0.5, 0.6) is 0 Å². The molecule has 1 amide bonds. The molecule has 2 N–H and O–H groups in total. The quantitative estimate of drug-likeness (QED) is 0.691. The molecule has 5 nitrogen and oxygen atoms in total. The predicted octanol–water partition coefficient (Wildman–Crippen LogP) is 0.576. The van der Waals surface area contributed by atoms with Crippen LogP contribution in [0.4, 0.5) is 4.79 Å². The Morgan fingerprint density at radius 3 is 2.69 bits per heavy atom. The lowest BCUT2D eigenvalue weighted by molar-refractivity contribution is 0.000250. The van der Waals surface area contributed by atoms with Gasteiger partial charge in [-0.15, -0.1) is 0 Å². The molecule has 0 unspecified atom stereocenters. The third-order valence-electron chi connectivity index (χ3n) is 2.45. The summed E-state index contributed by atoms with van der Waals surface area (Å²) in [6.45, 7) is 8.65.